The second-order valence-electron chi connectivity index (χ2n) is 4.70. The number of hydrogen-bond donors (Lipinski definition) is 2. The minimum Gasteiger partial charge on any atom is -0.466 e. The van der Waals surface area contributed by atoms with E-state index in [2.05, 4.69) is 10.6 Å². The molecule has 0 fully saturated rings. The van der Waals surface area contributed by atoms with E-state index in [0.29, 0.717) is 5.76 Å². The van der Waals surface area contributed by atoms with Crippen molar-refractivity contribution >= 4 is 29.1 Å². The lowest BCUT2D eigenvalue weighted by Gasteiger charge is -2.06. The molecule has 116 valence electrons. The first kappa shape index (κ1) is 16.0. The van der Waals surface area contributed by atoms with E-state index in [1.54, 1.807) is 19.9 Å². The van der Waals surface area contributed by atoms with Gasteiger partial charge >= 0.3 is 11.8 Å². The molecule has 2 N–H and O–H groups in total. The summed E-state index contributed by atoms with van der Waals surface area (Å²) in [5, 5.41) is 4.69. The maximum absolute atomic E-state index is 13.0. The van der Waals surface area contributed by atoms with Gasteiger partial charge in [0.1, 0.15) is 17.3 Å². The van der Waals surface area contributed by atoms with E-state index in [4.69, 9.17) is 16.0 Å². The number of nitrogens with one attached hydrogen (secondary N) is 2. The number of rotatable bonds is 3. The molecule has 0 aliphatic carbocycles. The van der Waals surface area contributed by atoms with Crippen molar-refractivity contribution in [1.29, 1.82) is 0 Å². The number of amides is 2. The number of anilines is 1. The highest BCUT2D eigenvalue weighted by Gasteiger charge is 2.15. The molecule has 1 heterocycles. The topological polar surface area (TPSA) is 71.3 Å². The van der Waals surface area contributed by atoms with Crippen molar-refractivity contribution in [1.82, 2.24) is 5.32 Å². The van der Waals surface area contributed by atoms with E-state index < -0.39 is 17.6 Å². The third-order valence-corrected chi connectivity index (χ3v) is 3.26. The largest absolute Gasteiger partial charge is 0.466 e. The van der Waals surface area contributed by atoms with Crippen molar-refractivity contribution in [3.8, 4) is 0 Å². The van der Waals surface area contributed by atoms with Crippen molar-refractivity contribution in [3.63, 3.8) is 0 Å². The Morgan fingerprint density at radius 1 is 1.23 bits per heavy atom. The summed E-state index contributed by atoms with van der Waals surface area (Å²) in [5.74, 6) is -0.857. The molecule has 7 heteroatoms. The van der Waals surface area contributed by atoms with Gasteiger partial charge in [-0.15, -0.1) is 0 Å². The highest BCUT2D eigenvalue weighted by atomic mass is 35.5. The summed E-state index contributed by atoms with van der Waals surface area (Å²) in [6, 6.07) is 5.43. The van der Waals surface area contributed by atoms with Crippen molar-refractivity contribution in [3.05, 3.63) is 52.2 Å². The van der Waals surface area contributed by atoms with Gasteiger partial charge in [0, 0.05) is 17.8 Å². The summed E-state index contributed by atoms with van der Waals surface area (Å²) >= 11 is 5.60. The SMILES string of the molecule is Cc1cc(CNC(=O)C(=O)Nc2ccc(F)c(Cl)c2)c(C)o1. The molecule has 0 saturated heterocycles. The predicted octanol–water partition coefficient (Wildman–Crippen LogP) is 2.94. The standard InChI is InChI=1S/C15H14ClFN2O3/c1-8-5-10(9(2)22-8)7-18-14(20)15(21)19-11-3-4-13(17)12(16)6-11/h3-6H,7H2,1-2H3,(H,18,20)(H,19,21). The monoisotopic (exact) mass is 324 g/mol. The van der Waals surface area contributed by atoms with Gasteiger partial charge in [0.15, 0.2) is 0 Å². The van der Waals surface area contributed by atoms with Gasteiger partial charge in [-0.2, -0.15) is 0 Å². The van der Waals surface area contributed by atoms with Gasteiger partial charge in [-0.05, 0) is 38.1 Å². The Bertz CT molecular complexity index is 728. The third kappa shape index (κ3) is 3.85. The van der Waals surface area contributed by atoms with E-state index in [1.807, 2.05) is 0 Å². The van der Waals surface area contributed by atoms with Crippen LogP contribution in [-0.2, 0) is 16.1 Å². The van der Waals surface area contributed by atoms with Gasteiger partial charge < -0.3 is 15.1 Å². The fraction of sp³-hybridized carbons (Fsp3) is 0.200. The summed E-state index contributed by atoms with van der Waals surface area (Å²) in [7, 11) is 0. The number of halogens is 2. The quantitative estimate of drug-likeness (QED) is 0.853. The highest BCUT2D eigenvalue weighted by molar-refractivity contribution is 6.39. The Hall–Kier alpha value is -2.34. The van der Waals surface area contributed by atoms with E-state index in [9.17, 15) is 14.0 Å². The van der Waals surface area contributed by atoms with Gasteiger partial charge in [-0.3, -0.25) is 9.59 Å². The van der Waals surface area contributed by atoms with Gasteiger partial charge in [0.2, 0.25) is 0 Å². The zero-order chi connectivity index (χ0) is 16.3. The van der Waals surface area contributed by atoms with Crippen LogP contribution in [0.2, 0.25) is 5.02 Å². The second kappa shape index (κ2) is 6.62. The maximum Gasteiger partial charge on any atom is 0.313 e. The second-order valence-corrected chi connectivity index (χ2v) is 5.11. The van der Waals surface area contributed by atoms with Crippen LogP contribution < -0.4 is 10.6 Å². The Labute approximate surface area is 131 Å². The van der Waals surface area contributed by atoms with Crippen LogP contribution in [0.15, 0.2) is 28.7 Å². The van der Waals surface area contributed by atoms with Crippen molar-refractivity contribution in [2.24, 2.45) is 0 Å². The molecule has 0 saturated carbocycles. The summed E-state index contributed by atoms with van der Waals surface area (Å²) < 4.78 is 18.3. The first-order valence-electron chi connectivity index (χ1n) is 6.47. The minimum atomic E-state index is -0.861. The molecule has 2 amide bonds. The first-order chi connectivity index (χ1) is 10.4. The molecule has 22 heavy (non-hydrogen) atoms. The van der Waals surface area contributed by atoms with Gasteiger partial charge in [0.05, 0.1) is 5.02 Å². The number of carbonyl (C=O) groups is 2. The molecule has 1 aromatic heterocycles. The molecular weight excluding hydrogens is 311 g/mol. The van der Waals surface area contributed by atoms with E-state index in [1.165, 1.54) is 12.1 Å². The Kier molecular flexibility index (Phi) is 4.82. The maximum atomic E-state index is 13.0. The van der Waals surface area contributed by atoms with Gasteiger partial charge in [0.25, 0.3) is 0 Å². The smallest absolute Gasteiger partial charge is 0.313 e. The molecule has 0 atom stereocenters. The lowest BCUT2D eigenvalue weighted by atomic mass is 10.2. The van der Waals surface area contributed by atoms with Crippen LogP contribution in [0.5, 0.6) is 0 Å². The molecule has 2 aromatic rings. The van der Waals surface area contributed by atoms with Crippen LogP contribution in [0, 0.1) is 19.7 Å². The molecule has 2 rings (SSSR count). The predicted molar refractivity (Wildman–Crippen MR) is 80.1 cm³/mol. The van der Waals surface area contributed by atoms with Crippen LogP contribution in [-0.4, -0.2) is 11.8 Å². The average molecular weight is 325 g/mol. The molecular formula is C15H14ClFN2O3. The molecule has 0 spiro atoms. The Balaban J connectivity index is 1.93. The number of carbonyl (C=O) groups excluding carboxylic acids is 2. The number of benzene rings is 1. The van der Waals surface area contributed by atoms with Crippen LogP contribution in [0.25, 0.3) is 0 Å². The van der Waals surface area contributed by atoms with Crippen molar-refractivity contribution in [2.75, 3.05) is 5.32 Å². The van der Waals surface area contributed by atoms with E-state index in [0.717, 1.165) is 17.4 Å². The number of furan rings is 1. The fourth-order valence-corrected chi connectivity index (χ4v) is 2.06. The molecule has 0 radical (unpaired) electrons. The zero-order valence-electron chi connectivity index (χ0n) is 12.0. The van der Waals surface area contributed by atoms with Crippen LogP contribution in [0.1, 0.15) is 17.1 Å². The zero-order valence-corrected chi connectivity index (χ0v) is 12.8. The molecule has 1 aromatic carbocycles. The first-order valence-corrected chi connectivity index (χ1v) is 6.84. The Morgan fingerprint density at radius 2 is 1.95 bits per heavy atom. The highest BCUT2D eigenvalue weighted by Crippen LogP contribution is 2.19. The van der Waals surface area contributed by atoms with Crippen molar-refractivity contribution in [2.45, 2.75) is 20.4 Å². The molecule has 0 aliphatic rings. The van der Waals surface area contributed by atoms with Gasteiger partial charge in [-0.1, -0.05) is 11.6 Å². The molecule has 5 nitrogen and oxygen atoms in total. The lowest BCUT2D eigenvalue weighted by Crippen LogP contribution is -2.35. The third-order valence-electron chi connectivity index (χ3n) is 2.97. The molecule has 0 aliphatic heterocycles. The average Bonchev–Trinajstić information content (AvgIpc) is 2.78. The minimum absolute atomic E-state index is 0.136. The molecule has 0 bridgehead atoms. The van der Waals surface area contributed by atoms with Crippen LogP contribution in [0.4, 0.5) is 10.1 Å². The lowest BCUT2D eigenvalue weighted by molar-refractivity contribution is -0.136. The summed E-state index contributed by atoms with van der Waals surface area (Å²) in [6.07, 6.45) is 0. The van der Waals surface area contributed by atoms with Crippen LogP contribution >= 0.6 is 11.6 Å². The summed E-state index contributed by atoms with van der Waals surface area (Å²) in [5.41, 5.74) is 1.03. The van der Waals surface area contributed by atoms with Crippen molar-refractivity contribution < 1.29 is 18.4 Å². The summed E-state index contributed by atoms with van der Waals surface area (Å²) in [6.45, 7) is 3.75. The number of hydrogen-bond acceptors (Lipinski definition) is 3. The van der Waals surface area contributed by atoms with E-state index >= 15 is 0 Å². The van der Waals surface area contributed by atoms with Crippen LogP contribution in [0.3, 0.4) is 0 Å². The summed E-state index contributed by atoms with van der Waals surface area (Å²) in [4.78, 5) is 23.5. The van der Waals surface area contributed by atoms with Gasteiger partial charge in [-0.25, -0.2) is 4.39 Å². The number of aryl methyl sites for hydroxylation is 2. The molecule has 0 unspecified atom stereocenters. The van der Waals surface area contributed by atoms with E-state index in [-0.39, 0.29) is 17.3 Å². The normalized spacial score (nSPS) is 10.4. The fourth-order valence-electron chi connectivity index (χ4n) is 1.88. The Morgan fingerprint density at radius 3 is 2.55 bits per heavy atom.